The standard InChI is InChI=1S/C17H22BrNO/c1-20-16-3-2-14(9-15(16)18)19-17-12-5-10-4-11(7-12)8-13(17)6-10/h2-3,9-13,17,19H,4-8H2,1H3. The summed E-state index contributed by atoms with van der Waals surface area (Å²) in [6.45, 7) is 0. The van der Waals surface area contributed by atoms with Crippen LogP contribution in [0.3, 0.4) is 0 Å². The van der Waals surface area contributed by atoms with Crippen molar-refractivity contribution in [2.24, 2.45) is 23.7 Å². The molecule has 0 atom stereocenters. The van der Waals surface area contributed by atoms with Crippen LogP contribution in [0.4, 0.5) is 5.69 Å². The maximum Gasteiger partial charge on any atom is 0.133 e. The van der Waals surface area contributed by atoms with E-state index in [4.69, 9.17) is 4.74 Å². The Kier molecular flexibility index (Phi) is 3.21. The van der Waals surface area contributed by atoms with Gasteiger partial charge in [-0.3, -0.25) is 0 Å². The number of hydrogen-bond donors (Lipinski definition) is 1. The van der Waals surface area contributed by atoms with Crippen LogP contribution in [0, 0.1) is 23.7 Å². The van der Waals surface area contributed by atoms with Crippen molar-refractivity contribution in [2.75, 3.05) is 12.4 Å². The van der Waals surface area contributed by atoms with Crippen LogP contribution in [0.1, 0.15) is 32.1 Å². The minimum atomic E-state index is 0.697. The van der Waals surface area contributed by atoms with Gasteiger partial charge in [0.15, 0.2) is 0 Å². The minimum Gasteiger partial charge on any atom is -0.496 e. The average Bonchev–Trinajstić information content (AvgIpc) is 2.42. The molecular formula is C17H22BrNO. The summed E-state index contributed by atoms with van der Waals surface area (Å²) >= 11 is 3.59. The molecule has 0 amide bonds. The van der Waals surface area contributed by atoms with Crippen molar-refractivity contribution < 1.29 is 4.74 Å². The van der Waals surface area contributed by atoms with E-state index in [2.05, 4.69) is 33.4 Å². The first-order chi connectivity index (χ1) is 9.72. The van der Waals surface area contributed by atoms with Crippen LogP contribution in [0.5, 0.6) is 5.75 Å². The first-order valence-electron chi connectivity index (χ1n) is 7.83. The molecule has 2 nitrogen and oxygen atoms in total. The summed E-state index contributed by atoms with van der Waals surface area (Å²) in [5.41, 5.74) is 1.23. The summed E-state index contributed by atoms with van der Waals surface area (Å²) in [6.07, 6.45) is 7.36. The largest absolute Gasteiger partial charge is 0.496 e. The van der Waals surface area contributed by atoms with Gasteiger partial charge in [0.25, 0.3) is 0 Å². The van der Waals surface area contributed by atoms with Gasteiger partial charge in [-0.1, -0.05) is 0 Å². The molecule has 5 rings (SSSR count). The molecule has 20 heavy (non-hydrogen) atoms. The van der Waals surface area contributed by atoms with Gasteiger partial charge in [-0.05, 0) is 89.9 Å². The molecule has 0 saturated heterocycles. The van der Waals surface area contributed by atoms with Crippen molar-refractivity contribution in [1.29, 1.82) is 0 Å². The van der Waals surface area contributed by atoms with Crippen LogP contribution in [0.15, 0.2) is 22.7 Å². The van der Waals surface area contributed by atoms with Gasteiger partial charge in [-0.15, -0.1) is 0 Å². The maximum absolute atomic E-state index is 5.31. The van der Waals surface area contributed by atoms with Gasteiger partial charge < -0.3 is 10.1 Å². The summed E-state index contributed by atoms with van der Waals surface area (Å²) in [4.78, 5) is 0. The zero-order chi connectivity index (χ0) is 13.7. The molecule has 4 aliphatic rings. The second kappa shape index (κ2) is 4.94. The van der Waals surface area contributed by atoms with E-state index >= 15 is 0 Å². The maximum atomic E-state index is 5.31. The summed E-state index contributed by atoms with van der Waals surface area (Å²) < 4.78 is 6.35. The number of nitrogens with one attached hydrogen (secondary N) is 1. The highest BCUT2D eigenvalue weighted by Crippen LogP contribution is 2.54. The van der Waals surface area contributed by atoms with Crippen LogP contribution in [0.25, 0.3) is 0 Å². The molecular weight excluding hydrogens is 314 g/mol. The fraction of sp³-hybridized carbons (Fsp3) is 0.647. The molecule has 0 spiro atoms. The van der Waals surface area contributed by atoms with Crippen molar-refractivity contribution in [3.63, 3.8) is 0 Å². The third kappa shape index (κ3) is 2.14. The predicted molar refractivity (Wildman–Crippen MR) is 85.1 cm³/mol. The Labute approximate surface area is 129 Å². The van der Waals surface area contributed by atoms with Crippen LogP contribution >= 0.6 is 15.9 Å². The van der Waals surface area contributed by atoms with E-state index in [1.807, 2.05) is 6.07 Å². The fourth-order valence-corrected chi connectivity index (χ4v) is 5.65. The third-order valence-electron chi connectivity index (χ3n) is 5.71. The highest BCUT2D eigenvalue weighted by molar-refractivity contribution is 9.10. The topological polar surface area (TPSA) is 21.3 Å². The number of hydrogen-bond acceptors (Lipinski definition) is 2. The Morgan fingerprint density at radius 2 is 1.70 bits per heavy atom. The van der Waals surface area contributed by atoms with Gasteiger partial charge in [0.05, 0.1) is 11.6 Å². The molecule has 0 aliphatic heterocycles. The number of benzene rings is 1. The molecule has 1 aromatic carbocycles. The Bertz CT molecular complexity index is 488. The highest BCUT2D eigenvalue weighted by Gasteiger charge is 2.48. The lowest BCUT2D eigenvalue weighted by Gasteiger charge is -2.54. The van der Waals surface area contributed by atoms with Crippen molar-refractivity contribution in [3.8, 4) is 5.75 Å². The molecule has 108 valence electrons. The van der Waals surface area contributed by atoms with Crippen LogP contribution in [0.2, 0.25) is 0 Å². The summed E-state index contributed by atoms with van der Waals surface area (Å²) in [6, 6.07) is 7.05. The lowest BCUT2D eigenvalue weighted by molar-refractivity contribution is 0.00754. The monoisotopic (exact) mass is 335 g/mol. The van der Waals surface area contributed by atoms with Gasteiger partial charge in [0, 0.05) is 11.7 Å². The molecule has 4 aliphatic carbocycles. The van der Waals surface area contributed by atoms with Crippen LogP contribution in [-0.2, 0) is 0 Å². The molecule has 0 heterocycles. The molecule has 4 fully saturated rings. The number of halogens is 1. The minimum absolute atomic E-state index is 0.697. The van der Waals surface area contributed by atoms with Crippen molar-refractivity contribution in [3.05, 3.63) is 22.7 Å². The normalized spacial score (nSPS) is 38.0. The number of methoxy groups -OCH3 is 1. The van der Waals surface area contributed by atoms with Crippen molar-refractivity contribution in [2.45, 2.75) is 38.1 Å². The fourth-order valence-electron chi connectivity index (χ4n) is 5.11. The molecule has 0 aromatic heterocycles. The summed E-state index contributed by atoms with van der Waals surface area (Å²) in [7, 11) is 1.71. The quantitative estimate of drug-likeness (QED) is 0.864. The molecule has 0 radical (unpaired) electrons. The van der Waals surface area contributed by atoms with Gasteiger partial charge in [0.1, 0.15) is 5.75 Å². The third-order valence-corrected chi connectivity index (χ3v) is 6.33. The zero-order valence-electron chi connectivity index (χ0n) is 11.9. The average molecular weight is 336 g/mol. The molecule has 0 unspecified atom stereocenters. The highest BCUT2D eigenvalue weighted by atomic mass is 79.9. The Hall–Kier alpha value is -0.700. The second-order valence-corrected chi connectivity index (χ2v) is 7.80. The van der Waals surface area contributed by atoms with E-state index in [-0.39, 0.29) is 0 Å². The van der Waals surface area contributed by atoms with E-state index in [9.17, 15) is 0 Å². The van der Waals surface area contributed by atoms with Crippen molar-refractivity contribution in [1.82, 2.24) is 0 Å². The van der Waals surface area contributed by atoms with Gasteiger partial charge in [0.2, 0.25) is 0 Å². The van der Waals surface area contributed by atoms with E-state index in [1.165, 1.54) is 37.8 Å². The molecule has 1 aromatic rings. The van der Waals surface area contributed by atoms with Gasteiger partial charge >= 0.3 is 0 Å². The zero-order valence-corrected chi connectivity index (χ0v) is 13.5. The number of rotatable bonds is 3. The number of ether oxygens (including phenoxy) is 1. The smallest absolute Gasteiger partial charge is 0.133 e. The Balaban J connectivity index is 1.53. The first kappa shape index (κ1) is 13.0. The molecule has 4 bridgehead atoms. The SMILES string of the molecule is COc1ccc(NC2C3CC4CC(C3)CC2C4)cc1Br. The summed E-state index contributed by atoms with van der Waals surface area (Å²) in [5, 5.41) is 3.83. The van der Waals surface area contributed by atoms with Gasteiger partial charge in [-0.25, -0.2) is 0 Å². The van der Waals surface area contributed by atoms with Gasteiger partial charge in [-0.2, -0.15) is 0 Å². The van der Waals surface area contributed by atoms with Crippen molar-refractivity contribution >= 4 is 21.6 Å². The first-order valence-corrected chi connectivity index (χ1v) is 8.62. The van der Waals surface area contributed by atoms with Crippen LogP contribution < -0.4 is 10.1 Å². The van der Waals surface area contributed by atoms with E-state index in [0.717, 1.165) is 33.9 Å². The molecule has 1 N–H and O–H groups in total. The predicted octanol–water partition coefficient (Wildman–Crippen LogP) is 4.69. The van der Waals surface area contributed by atoms with E-state index < -0.39 is 0 Å². The lowest BCUT2D eigenvalue weighted by Crippen LogP contribution is -2.51. The Morgan fingerprint density at radius 1 is 1.05 bits per heavy atom. The van der Waals surface area contributed by atoms with E-state index in [0.29, 0.717) is 6.04 Å². The van der Waals surface area contributed by atoms with E-state index in [1.54, 1.807) is 7.11 Å². The second-order valence-electron chi connectivity index (χ2n) is 6.95. The molecule has 3 heteroatoms. The lowest BCUT2D eigenvalue weighted by atomic mass is 9.54. The van der Waals surface area contributed by atoms with Crippen LogP contribution in [-0.4, -0.2) is 13.2 Å². The molecule has 4 saturated carbocycles. The Morgan fingerprint density at radius 3 is 2.25 bits per heavy atom. The number of anilines is 1. The summed E-state index contributed by atoms with van der Waals surface area (Å²) in [5.74, 6) is 4.80.